The Bertz CT molecular complexity index is 158. The summed E-state index contributed by atoms with van der Waals surface area (Å²) in [4.78, 5) is 0. The molecule has 0 N–H and O–H groups in total. The van der Waals surface area contributed by atoms with E-state index in [0.717, 1.165) is 12.3 Å². The molecule has 48 valence electrons. The van der Waals surface area contributed by atoms with E-state index < -0.39 is 0 Å². The van der Waals surface area contributed by atoms with Gasteiger partial charge in [0.15, 0.2) is 0 Å². The fraction of sp³-hybridized carbons (Fsp3) is 0.625. The Kier molecular flexibility index (Phi) is 1.89. The van der Waals surface area contributed by atoms with Gasteiger partial charge in [-0.3, -0.25) is 0 Å². The Morgan fingerprint density at radius 2 is 2.44 bits per heavy atom. The quantitative estimate of drug-likeness (QED) is 0.514. The summed E-state index contributed by atoms with van der Waals surface area (Å²) >= 11 is 0. The molecule has 0 spiro atoms. The van der Waals surface area contributed by atoms with Gasteiger partial charge in [-0.05, 0) is 32.1 Å². The van der Waals surface area contributed by atoms with Gasteiger partial charge in [-0.25, -0.2) is 0 Å². The standard InChI is InChI=1S/C8H11N/c1-7(4-5-9)6-8-2-3-8/h4,8H,2-3,6H2,1H3. The summed E-state index contributed by atoms with van der Waals surface area (Å²) in [5.74, 6) is 0.912. The van der Waals surface area contributed by atoms with Gasteiger partial charge in [-0.1, -0.05) is 5.57 Å². The van der Waals surface area contributed by atoms with Gasteiger partial charge in [-0.2, -0.15) is 5.26 Å². The first-order valence-electron chi connectivity index (χ1n) is 3.38. The third kappa shape index (κ3) is 2.32. The zero-order valence-corrected chi connectivity index (χ0v) is 5.72. The van der Waals surface area contributed by atoms with Crippen LogP contribution in [0.25, 0.3) is 0 Å². The summed E-state index contributed by atoms with van der Waals surface area (Å²) in [6, 6.07) is 2.04. The molecule has 1 heteroatoms. The van der Waals surface area contributed by atoms with Gasteiger partial charge < -0.3 is 0 Å². The second-order valence-corrected chi connectivity index (χ2v) is 2.77. The molecule has 0 saturated heterocycles. The van der Waals surface area contributed by atoms with Crippen LogP contribution in [0.5, 0.6) is 0 Å². The minimum Gasteiger partial charge on any atom is -0.193 e. The lowest BCUT2D eigenvalue weighted by Crippen LogP contribution is -1.77. The molecule has 0 aromatic carbocycles. The molecular weight excluding hydrogens is 110 g/mol. The van der Waals surface area contributed by atoms with E-state index in [1.807, 2.05) is 13.0 Å². The molecular formula is C8H11N. The molecule has 1 aliphatic rings. The van der Waals surface area contributed by atoms with Gasteiger partial charge in [0.25, 0.3) is 0 Å². The van der Waals surface area contributed by atoms with Crippen molar-refractivity contribution in [3.63, 3.8) is 0 Å². The molecule has 0 unspecified atom stereocenters. The molecule has 1 fully saturated rings. The van der Waals surface area contributed by atoms with Crippen molar-refractivity contribution in [2.24, 2.45) is 5.92 Å². The van der Waals surface area contributed by atoms with Crippen molar-refractivity contribution in [3.05, 3.63) is 11.6 Å². The van der Waals surface area contributed by atoms with Crippen LogP contribution in [0.1, 0.15) is 26.2 Å². The normalized spacial score (nSPS) is 19.3. The molecule has 0 aliphatic heterocycles. The first-order chi connectivity index (χ1) is 4.33. The van der Waals surface area contributed by atoms with Crippen molar-refractivity contribution in [1.29, 1.82) is 5.26 Å². The van der Waals surface area contributed by atoms with Crippen LogP contribution in [0.4, 0.5) is 0 Å². The SMILES string of the molecule is CC(=CC#N)CC1CC1. The maximum absolute atomic E-state index is 8.24. The zero-order chi connectivity index (χ0) is 6.69. The number of allylic oxidation sites excluding steroid dienone is 2. The topological polar surface area (TPSA) is 23.8 Å². The number of nitriles is 1. The second kappa shape index (κ2) is 2.68. The highest BCUT2D eigenvalue weighted by Crippen LogP contribution is 2.34. The Morgan fingerprint density at radius 1 is 1.78 bits per heavy atom. The predicted molar refractivity (Wildman–Crippen MR) is 36.7 cm³/mol. The second-order valence-electron chi connectivity index (χ2n) is 2.77. The molecule has 0 radical (unpaired) electrons. The van der Waals surface area contributed by atoms with Gasteiger partial charge >= 0.3 is 0 Å². The highest BCUT2D eigenvalue weighted by atomic mass is 14.3. The smallest absolute Gasteiger partial charge is 0.0911 e. The van der Waals surface area contributed by atoms with Crippen molar-refractivity contribution < 1.29 is 0 Å². The summed E-state index contributed by atoms with van der Waals surface area (Å²) in [5.41, 5.74) is 1.24. The van der Waals surface area contributed by atoms with E-state index in [-0.39, 0.29) is 0 Å². The highest BCUT2D eigenvalue weighted by Gasteiger charge is 2.20. The van der Waals surface area contributed by atoms with Crippen LogP contribution in [0, 0.1) is 17.2 Å². The van der Waals surface area contributed by atoms with Crippen LogP contribution in [0.15, 0.2) is 11.6 Å². The first-order valence-corrected chi connectivity index (χ1v) is 3.38. The maximum Gasteiger partial charge on any atom is 0.0911 e. The molecule has 0 atom stereocenters. The van der Waals surface area contributed by atoms with Gasteiger partial charge in [0, 0.05) is 6.08 Å². The highest BCUT2D eigenvalue weighted by molar-refractivity contribution is 5.12. The van der Waals surface area contributed by atoms with Crippen LogP contribution < -0.4 is 0 Å². The number of hydrogen-bond acceptors (Lipinski definition) is 1. The van der Waals surface area contributed by atoms with E-state index in [0.29, 0.717) is 0 Å². The average molecular weight is 121 g/mol. The van der Waals surface area contributed by atoms with E-state index >= 15 is 0 Å². The van der Waals surface area contributed by atoms with Gasteiger partial charge in [-0.15, -0.1) is 0 Å². The molecule has 0 aromatic heterocycles. The molecule has 1 rings (SSSR count). The van der Waals surface area contributed by atoms with E-state index in [1.165, 1.54) is 18.4 Å². The molecule has 9 heavy (non-hydrogen) atoms. The molecule has 0 bridgehead atoms. The van der Waals surface area contributed by atoms with Gasteiger partial charge in [0.05, 0.1) is 6.07 Å². The van der Waals surface area contributed by atoms with Crippen LogP contribution in [-0.2, 0) is 0 Å². The van der Waals surface area contributed by atoms with Crippen molar-refractivity contribution in [2.75, 3.05) is 0 Å². The van der Waals surface area contributed by atoms with Crippen LogP contribution in [-0.4, -0.2) is 0 Å². The minimum atomic E-state index is 0.912. The predicted octanol–water partition coefficient (Wildman–Crippen LogP) is 2.26. The number of nitrogens with zero attached hydrogens (tertiary/aromatic N) is 1. The summed E-state index contributed by atoms with van der Waals surface area (Å²) in [6.07, 6.45) is 5.54. The summed E-state index contributed by atoms with van der Waals surface area (Å²) in [5, 5.41) is 8.24. The molecule has 0 amide bonds. The van der Waals surface area contributed by atoms with Crippen molar-refractivity contribution in [2.45, 2.75) is 26.2 Å². The van der Waals surface area contributed by atoms with E-state index in [4.69, 9.17) is 5.26 Å². The molecule has 0 heterocycles. The summed E-state index contributed by atoms with van der Waals surface area (Å²) in [7, 11) is 0. The van der Waals surface area contributed by atoms with Crippen LogP contribution >= 0.6 is 0 Å². The third-order valence-electron chi connectivity index (χ3n) is 1.62. The van der Waals surface area contributed by atoms with E-state index in [9.17, 15) is 0 Å². The van der Waals surface area contributed by atoms with Crippen LogP contribution in [0.3, 0.4) is 0 Å². The largest absolute Gasteiger partial charge is 0.193 e. The van der Waals surface area contributed by atoms with Crippen molar-refractivity contribution in [3.8, 4) is 6.07 Å². The monoisotopic (exact) mass is 121 g/mol. The first kappa shape index (κ1) is 6.35. The Balaban J connectivity index is 2.25. The molecule has 0 aromatic rings. The van der Waals surface area contributed by atoms with Crippen molar-refractivity contribution in [1.82, 2.24) is 0 Å². The van der Waals surface area contributed by atoms with Crippen LogP contribution in [0.2, 0.25) is 0 Å². The number of rotatable bonds is 2. The lowest BCUT2D eigenvalue weighted by Gasteiger charge is -1.92. The lowest BCUT2D eigenvalue weighted by molar-refractivity contribution is 0.821. The van der Waals surface area contributed by atoms with E-state index in [1.54, 1.807) is 6.08 Å². The summed E-state index contributed by atoms with van der Waals surface area (Å²) in [6.45, 7) is 2.03. The molecule has 1 saturated carbocycles. The van der Waals surface area contributed by atoms with Gasteiger partial charge in [0.2, 0.25) is 0 Å². The molecule has 1 nitrogen and oxygen atoms in total. The number of hydrogen-bond donors (Lipinski definition) is 0. The lowest BCUT2D eigenvalue weighted by atomic mass is 10.1. The minimum absolute atomic E-state index is 0.912. The summed E-state index contributed by atoms with van der Waals surface area (Å²) < 4.78 is 0. The van der Waals surface area contributed by atoms with Crippen molar-refractivity contribution >= 4 is 0 Å². The fourth-order valence-electron chi connectivity index (χ4n) is 0.946. The van der Waals surface area contributed by atoms with Gasteiger partial charge in [0.1, 0.15) is 0 Å². The third-order valence-corrected chi connectivity index (χ3v) is 1.62. The average Bonchev–Trinajstić information content (AvgIpc) is 2.50. The Hall–Kier alpha value is -0.770. The fourth-order valence-corrected chi connectivity index (χ4v) is 0.946. The molecule has 1 aliphatic carbocycles. The Labute approximate surface area is 56.0 Å². The Morgan fingerprint density at radius 3 is 2.89 bits per heavy atom. The maximum atomic E-state index is 8.24. The zero-order valence-electron chi connectivity index (χ0n) is 5.72. The van der Waals surface area contributed by atoms with E-state index in [2.05, 4.69) is 0 Å².